The van der Waals surface area contributed by atoms with Gasteiger partial charge < -0.3 is 18.9 Å². The average Bonchev–Trinajstić information content (AvgIpc) is 3.31. The van der Waals surface area contributed by atoms with Crippen LogP contribution in [0, 0.1) is 0 Å². The van der Waals surface area contributed by atoms with Crippen molar-refractivity contribution >= 4 is 11.9 Å². The van der Waals surface area contributed by atoms with Gasteiger partial charge in [-0.2, -0.15) is 18.3 Å². The molecule has 0 amide bonds. The predicted molar refractivity (Wildman–Crippen MR) is 133 cm³/mol. The van der Waals surface area contributed by atoms with E-state index in [0.29, 0.717) is 11.3 Å². The van der Waals surface area contributed by atoms with E-state index >= 15 is 0 Å². The van der Waals surface area contributed by atoms with Gasteiger partial charge in [-0.05, 0) is 24.3 Å². The van der Waals surface area contributed by atoms with Gasteiger partial charge in [0.1, 0.15) is 24.7 Å². The molecular weight excluding hydrogens is 505 g/mol. The lowest BCUT2D eigenvalue weighted by Gasteiger charge is -2.33. The van der Waals surface area contributed by atoms with E-state index in [1.165, 1.54) is 26.3 Å². The summed E-state index contributed by atoms with van der Waals surface area (Å²) in [4.78, 5) is 23.7. The smallest absolute Gasteiger partial charge is 0.408 e. The molecule has 0 aliphatic carbocycles. The Morgan fingerprint density at radius 1 is 0.974 bits per heavy atom. The predicted octanol–water partition coefficient (Wildman–Crippen LogP) is 5.10. The van der Waals surface area contributed by atoms with Crippen LogP contribution in [0.5, 0.6) is 11.5 Å². The van der Waals surface area contributed by atoms with Crippen molar-refractivity contribution in [3.8, 4) is 11.5 Å². The number of hydrogen-bond acceptors (Lipinski definition) is 7. The third-order valence-electron chi connectivity index (χ3n) is 5.42. The van der Waals surface area contributed by atoms with Crippen molar-refractivity contribution in [2.24, 2.45) is 0 Å². The minimum Gasteiger partial charge on any atom is -0.497 e. The zero-order valence-electron chi connectivity index (χ0n) is 21.8. The number of rotatable bonds is 9. The van der Waals surface area contributed by atoms with Gasteiger partial charge in [0.25, 0.3) is 0 Å². The second kappa shape index (κ2) is 13.5. The van der Waals surface area contributed by atoms with Gasteiger partial charge in [0.15, 0.2) is 0 Å². The number of alkyl halides is 3. The molecule has 0 radical (unpaired) electrons. The number of methoxy groups -OCH3 is 2. The highest BCUT2D eigenvalue weighted by Crippen LogP contribution is 2.36. The molecule has 0 fully saturated rings. The summed E-state index contributed by atoms with van der Waals surface area (Å²) in [5.74, 6) is -0.169. The Labute approximate surface area is 219 Å². The number of esters is 2. The fourth-order valence-corrected chi connectivity index (χ4v) is 3.53. The number of halogens is 3. The van der Waals surface area contributed by atoms with E-state index in [0.717, 1.165) is 10.4 Å². The fraction of sp³-hybridized carbons (Fsp3) is 0.370. The number of nitrogens with zero attached hydrogens (tertiary/aromatic N) is 2. The van der Waals surface area contributed by atoms with Crippen LogP contribution < -0.4 is 9.47 Å². The molecule has 0 bridgehead atoms. The lowest BCUT2D eigenvalue weighted by Crippen LogP contribution is -2.44. The molecule has 1 heterocycles. The summed E-state index contributed by atoms with van der Waals surface area (Å²) in [6.45, 7) is 3.11. The highest BCUT2D eigenvalue weighted by atomic mass is 19.4. The van der Waals surface area contributed by atoms with Crippen LogP contribution in [0.2, 0.25) is 0 Å². The molecule has 1 aromatic heterocycles. The molecule has 1 unspecified atom stereocenters. The van der Waals surface area contributed by atoms with Crippen molar-refractivity contribution in [1.82, 2.24) is 9.78 Å². The summed E-state index contributed by atoms with van der Waals surface area (Å²) in [6, 6.07) is 17.8. The quantitative estimate of drug-likeness (QED) is 0.352. The number of hydrogen-bond donors (Lipinski definition) is 0. The van der Waals surface area contributed by atoms with Crippen molar-refractivity contribution in [2.75, 3.05) is 14.2 Å². The molecule has 2 aromatic carbocycles. The summed E-state index contributed by atoms with van der Waals surface area (Å²) < 4.78 is 59.5. The maximum Gasteiger partial charge on any atom is 0.408 e. The summed E-state index contributed by atoms with van der Waals surface area (Å²) in [7, 11) is 2.84. The van der Waals surface area contributed by atoms with Crippen LogP contribution in [0.15, 0.2) is 66.9 Å². The Morgan fingerprint density at radius 3 is 2.16 bits per heavy atom. The Bertz CT molecular complexity index is 1180. The highest BCUT2D eigenvalue weighted by molar-refractivity contribution is 5.80. The SMILES string of the molecule is COC(=O)C(OC(C)=O)C(C)(C)c1ccccc1OCc1ccnn1CC(F)(F)F.COc1ccccc1. The molecular formula is C27H31F3N2O6. The van der Waals surface area contributed by atoms with Gasteiger partial charge in [-0.25, -0.2) is 4.79 Å². The molecule has 11 heteroatoms. The molecule has 38 heavy (non-hydrogen) atoms. The van der Waals surface area contributed by atoms with Crippen molar-refractivity contribution < 1.29 is 41.7 Å². The lowest BCUT2D eigenvalue weighted by atomic mass is 9.78. The summed E-state index contributed by atoms with van der Waals surface area (Å²) >= 11 is 0. The first kappa shape index (κ1) is 30.2. The zero-order chi connectivity index (χ0) is 28.3. The van der Waals surface area contributed by atoms with E-state index in [4.69, 9.17) is 18.9 Å². The number of aromatic nitrogens is 2. The van der Waals surface area contributed by atoms with Crippen LogP contribution in [-0.4, -0.2) is 48.2 Å². The molecule has 0 aliphatic heterocycles. The second-order valence-electron chi connectivity index (χ2n) is 8.63. The molecule has 3 rings (SSSR count). The third-order valence-corrected chi connectivity index (χ3v) is 5.42. The third kappa shape index (κ3) is 8.82. The Morgan fingerprint density at radius 2 is 1.61 bits per heavy atom. The van der Waals surface area contributed by atoms with Crippen LogP contribution in [-0.2, 0) is 37.6 Å². The van der Waals surface area contributed by atoms with Crippen molar-refractivity contribution in [3.05, 3.63) is 78.1 Å². The Kier molecular flexibility index (Phi) is 10.7. The first-order valence-electron chi connectivity index (χ1n) is 11.5. The second-order valence-corrected chi connectivity index (χ2v) is 8.63. The molecule has 3 aromatic rings. The monoisotopic (exact) mass is 536 g/mol. The lowest BCUT2D eigenvalue weighted by molar-refractivity contribution is -0.169. The van der Waals surface area contributed by atoms with E-state index in [-0.39, 0.29) is 12.3 Å². The Hall–Kier alpha value is -4.02. The zero-order valence-corrected chi connectivity index (χ0v) is 21.8. The fourth-order valence-electron chi connectivity index (χ4n) is 3.53. The first-order valence-corrected chi connectivity index (χ1v) is 11.5. The van der Waals surface area contributed by atoms with Gasteiger partial charge in [0.2, 0.25) is 6.10 Å². The maximum absolute atomic E-state index is 12.7. The van der Waals surface area contributed by atoms with Gasteiger partial charge in [0, 0.05) is 24.1 Å². The maximum atomic E-state index is 12.7. The van der Waals surface area contributed by atoms with Gasteiger partial charge >= 0.3 is 18.1 Å². The van der Waals surface area contributed by atoms with Crippen LogP contribution in [0.3, 0.4) is 0 Å². The number of para-hydroxylation sites is 2. The van der Waals surface area contributed by atoms with E-state index < -0.39 is 36.2 Å². The molecule has 0 aliphatic rings. The normalized spacial score (nSPS) is 12.0. The number of carbonyl (C=O) groups excluding carboxylic acids is 2. The highest BCUT2D eigenvalue weighted by Gasteiger charge is 2.42. The molecule has 0 saturated heterocycles. The molecule has 0 spiro atoms. The molecule has 206 valence electrons. The van der Waals surface area contributed by atoms with Crippen LogP contribution >= 0.6 is 0 Å². The summed E-state index contributed by atoms with van der Waals surface area (Å²) in [6.07, 6.45) is -4.41. The van der Waals surface area contributed by atoms with Crippen molar-refractivity contribution in [1.29, 1.82) is 0 Å². The van der Waals surface area contributed by atoms with Gasteiger partial charge in [-0.3, -0.25) is 9.48 Å². The summed E-state index contributed by atoms with van der Waals surface area (Å²) in [5.41, 5.74) is -0.311. The van der Waals surface area contributed by atoms with Crippen molar-refractivity contribution in [2.45, 2.75) is 51.6 Å². The largest absolute Gasteiger partial charge is 0.497 e. The molecule has 0 saturated carbocycles. The van der Waals surface area contributed by atoms with E-state index in [1.807, 2.05) is 30.3 Å². The van der Waals surface area contributed by atoms with Crippen LogP contribution in [0.1, 0.15) is 32.0 Å². The molecule has 0 N–H and O–H groups in total. The number of benzene rings is 2. The minimum absolute atomic E-state index is 0.181. The van der Waals surface area contributed by atoms with Crippen LogP contribution in [0.4, 0.5) is 13.2 Å². The van der Waals surface area contributed by atoms with Crippen LogP contribution in [0.25, 0.3) is 0 Å². The van der Waals surface area contributed by atoms with Gasteiger partial charge in [0.05, 0.1) is 19.9 Å². The van der Waals surface area contributed by atoms with E-state index in [2.05, 4.69) is 5.10 Å². The standard InChI is InChI=1S/C20H23F3N2O5.C7H8O/c1-13(26)30-17(18(27)28-4)19(2,3)15-7-5-6-8-16(15)29-11-14-9-10-24-25(14)12-20(21,22)23;1-8-7-5-3-2-4-6-7/h5-10,17H,11-12H2,1-4H3;2-6H,1H3. The summed E-state index contributed by atoms with van der Waals surface area (Å²) in [5, 5.41) is 3.68. The average molecular weight is 537 g/mol. The Balaban J connectivity index is 0.000000538. The number of carbonyl (C=O) groups is 2. The van der Waals surface area contributed by atoms with E-state index in [9.17, 15) is 22.8 Å². The van der Waals surface area contributed by atoms with E-state index in [1.54, 1.807) is 45.2 Å². The van der Waals surface area contributed by atoms with Gasteiger partial charge in [-0.1, -0.05) is 50.2 Å². The number of ether oxygens (including phenoxy) is 4. The topological polar surface area (TPSA) is 88.9 Å². The van der Waals surface area contributed by atoms with Gasteiger partial charge in [-0.15, -0.1) is 0 Å². The first-order chi connectivity index (χ1) is 17.9. The minimum atomic E-state index is -4.42. The van der Waals surface area contributed by atoms with Crippen molar-refractivity contribution in [3.63, 3.8) is 0 Å². The molecule has 8 nitrogen and oxygen atoms in total. The molecule has 1 atom stereocenters.